The van der Waals surface area contributed by atoms with Gasteiger partial charge in [-0.3, -0.25) is 0 Å². The van der Waals surface area contributed by atoms with E-state index in [2.05, 4.69) is 12.0 Å². The monoisotopic (exact) mass is 90.0 g/mol. The van der Waals surface area contributed by atoms with Crippen molar-refractivity contribution >= 4 is 0 Å². The van der Waals surface area contributed by atoms with E-state index in [1.54, 1.807) is 5.57 Å². The van der Waals surface area contributed by atoms with Gasteiger partial charge in [0, 0.05) is 0 Å². The summed E-state index contributed by atoms with van der Waals surface area (Å²) in [4.78, 5) is 0. The lowest BCUT2D eigenvalue weighted by molar-refractivity contribution is 0.316. The molecule has 0 atom stereocenters. The molecule has 0 saturated heterocycles. The predicted molar refractivity (Wildman–Crippen MR) is 28.6 cm³/mol. The molecule has 0 aromatic heterocycles. The van der Waals surface area contributed by atoms with Gasteiger partial charge in [0.1, 0.15) is 0 Å². The first-order valence-corrected chi connectivity index (χ1v) is 2.53. The summed E-state index contributed by atoms with van der Waals surface area (Å²) in [5.41, 5.74) is 1.84. The zero-order valence-electron chi connectivity index (χ0n) is 4.07. The van der Waals surface area contributed by atoms with Crippen LogP contribution in [0.25, 0.3) is 0 Å². The molecule has 0 spiro atoms. The van der Waals surface area contributed by atoms with E-state index in [0.29, 0.717) is 0 Å². The van der Waals surface area contributed by atoms with Crippen molar-refractivity contribution in [3.05, 3.63) is 11.6 Å². The lowest BCUT2D eigenvalue weighted by Gasteiger charge is -2.48. The fraction of sp³-hybridized carbons (Fsp3) is 0.429. The molecule has 3 rings (SSSR count). The van der Waals surface area contributed by atoms with E-state index in [1.165, 1.54) is 12.8 Å². The quantitative estimate of drug-likeness (QED) is 0.311. The standard InChI is InChI=1S/C7H6/c1-2-7-3-6(4-7)5-7/h1,3H,4-5H2. The third-order valence-electron chi connectivity index (χ3n) is 1.85. The SMILES string of the molecule is C#CC12C=C(C1)C2. The highest BCUT2D eigenvalue weighted by Crippen LogP contribution is 2.57. The average molecular weight is 90.1 g/mol. The first-order valence-electron chi connectivity index (χ1n) is 2.53. The van der Waals surface area contributed by atoms with Crippen molar-refractivity contribution < 1.29 is 0 Å². The normalized spacial score (nSPS) is 28.7. The zero-order valence-corrected chi connectivity index (χ0v) is 4.07. The second-order valence-electron chi connectivity index (χ2n) is 2.46. The van der Waals surface area contributed by atoms with Crippen LogP contribution in [0.4, 0.5) is 0 Å². The topological polar surface area (TPSA) is 0 Å². The third-order valence-corrected chi connectivity index (χ3v) is 1.85. The highest BCUT2D eigenvalue weighted by Gasteiger charge is 2.46. The van der Waals surface area contributed by atoms with Crippen LogP contribution in [0, 0.1) is 17.8 Å². The number of terminal acetylenes is 1. The van der Waals surface area contributed by atoms with Crippen LogP contribution in [-0.4, -0.2) is 0 Å². The van der Waals surface area contributed by atoms with Gasteiger partial charge >= 0.3 is 0 Å². The van der Waals surface area contributed by atoms with Crippen LogP contribution in [-0.2, 0) is 0 Å². The second-order valence-corrected chi connectivity index (χ2v) is 2.46. The van der Waals surface area contributed by atoms with Gasteiger partial charge in [-0.05, 0) is 12.8 Å². The molecule has 0 aromatic carbocycles. The van der Waals surface area contributed by atoms with E-state index in [0.717, 1.165) is 0 Å². The van der Waals surface area contributed by atoms with Gasteiger partial charge in [0.25, 0.3) is 0 Å². The lowest BCUT2D eigenvalue weighted by Crippen LogP contribution is -2.38. The van der Waals surface area contributed by atoms with Crippen LogP contribution < -0.4 is 0 Å². The van der Waals surface area contributed by atoms with Gasteiger partial charge in [-0.25, -0.2) is 0 Å². The van der Waals surface area contributed by atoms with Crippen LogP contribution in [0.1, 0.15) is 12.8 Å². The Morgan fingerprint density at radius 2 is 2.29 bits per heavy atom. The molecule has 0 nitrogen and oxygen atoms in total. The Morgan fingerprint density at radius 1 is 1.71 bits per heavy atom. The van der Waals surface area contributed by atoms with Gasteiger partial charge < -0.3 is 0 Å². The van der Waals surface area contributed by atoms with Gasteiger partial charge in [-0.15, -0.1) is 6.42 Å². The fourth-order valence-electron chi connectivity index (χ4n) is 1.23. The molecule has 0 aliphatic heterocycles. The molecule has 7 heavy (non-hydrogen) atoms. The van der Waals surface area contributed by atoms with Crippen molar-refractivity contribution in [2.24, 2.45) is 5.41 Å². The molecule has 3 aliphatic carbocycles. The summed E-state index contributed by atoms with van der Waals surface area (Å²) in [6.07, 6.45) is 9.81. The van der Waals surface area contributed by atoms with E-state index < -0.39 is 0 Å². The molecule has 1 saturated carbocycles. The molecule has 1 fully saturated rings. The van der Waals surface area contributed by atoms with Crippen LogP contribution in [0.2, 0.25) is 0 Å². The van der Waals surface area contributed by atoms with E-state index in [-0.39, 0.29) is 5.41 Å². The van der Waals surface area contributed by atoms with Gasteiger partial charge in [-0.1, -0.05) is 17.6 Å². The molecule has 2 bridgehead atoms. The van der Waals surface area contributed by atoms with Gasteiger partial charge in [0.05, 0.1) is 5.41 Å². The van der Waals surface area contributed by atoms with E-state index in [4.69, 9.17) is 6.42 Å². The van der Waals surface area contributed by atoms with Crippen LogP contribution in [0.5, 0.6) is 0 Å². The third kappa shape index (κ3) is 0.193. The first-order chi connectivity index (χ1) is 3.35. The van der Waals surface area contributed by atoms with Crippen LogP contribution in [0.15, 0.2) is 11.6 Å². The summed E-state index contributed by atoms with van der Waals surface area (Å²) in [5.74, 6) is 2.77. The first kappa shape index (κ1) is 3.32. The zero-order chi connectivity index (χ0) is 4.91. The number of hydrogen-bond donors (Lipinski definition) is 0. The maximum absolute atomic E-state index is 5.21. The van der Waals surface area contributed by atoms with Crippen molar-refractivity contribution in [3.63, 3.8) is 0 Å². The number of allylic oxidation sites excluding steroid dienone is 2. The predicted octanol–water partition coefficient (Wildman–Crippen LogP) is 1.34. The smallest absolute Gasteiger partial charge is 0.0567 e. The highest BCUT2D eigenvalue weighted by molar-refractivity contribution is 5.45. The van der Waals surface area contributed by atoms with E-state index >= 15 is 0 Å². The minimum atomic E-state index is 0.273. The molecule has 34 valence electrons. The largest absolute Gasteiger partial charge is 0.119 e. The van der Waals surface area contributed by atoms with Crippen molar-refractivity contribution in [3.8, 4) is 12.3 Å². The molecular formula is C7H6. The molecule has 0 N–H and O–H groups in total. The maximum atomic E-state index is 5.21. The van der Waals surface area contributed by atoms with Gasteiger partial charge in [-0.2, -0.15) is 0 Å². The molecule has 0 heteroatoms. The Hall–Kier alpha value is -0.700. The van der Waals surface area contributed by atoms with Crippen molar-refractivity contribution in [2.45, 2.75) is 12.8 Å². The Bertz CT molecular complexity index is 171. The molecule has 3 aliphatic rings. The molecular weight excluding hydrogens is 84.1 g/mol. The van der Waals surface area contributed by atoms with Gasteiger partial charge in [0.15, 0.2) is 0 Å². The minimum Gasteiger partial charge on any atom is -0.119 e. The summed E-state index contributed by atoms with van der Waals surface area (Å²) in [6, 6.07) is 0. The molecule has 0 unspecified atom stereocenters. The molecule has 0 amide bonds. The van der Waals surface area contributed by atoms with Crippen LogP contribution >= 0.6 is 0 Å². The Morgan fingerprint density at radius 3 is 2.29 bits per heavy atom. The Balaban J connectivity index is 2.42. The summed E-state index contributed by atoms with van der Waals surface area (Å²) in [6.45, 7) is 0. The maximum Gasteiger partial charge on any atom is 0.0567 e. The summed E-state index contributed by atoms with van der Waals surface area (Å²) in [7, 11) is 0. The highest BCUT2D eigenvalue weighted by atomic mass is 14.5. The number of hydrogen-bond acceptors (Lipinski definition) is 0. The summed E-state index contributed by atoms with van der Waals surface area (Å²) >= 11 is 0. The van der Waals surface area contributed by atoms with E-state index in [9.17, 15) is 0 Å². The molecule has 0 aromatic rings. The number of rotatable bonds is 0. The van der Waals surface area contributed by atoms with Crippen LogP contribution in [0.3, 0.4) is 0 Å². The lowest BCUT2D eigenvalue weighted by atomic mass is 9.54. The molecule has 0 radical (unpaired) electrons. The Kier molecular flexibility index (Phi) is 0.307. The summed E-state index contributed by atoms with van der Waals surface area (Å²) < 4.78 is 0. The second kappa shape index (κ2) is 0.648. The molecule has 0 heterocycles. The van der Waals surface area contributed by atoms with E-state index in [1.807, 2.05) is 0 Å². The minimum absolute atomic E-state index is 0.273. The Labute approximate surface area is 43.2 Å². The van der Waals surface area contributed by atoms with Crippen molar-refractivity contribution in [1.82, 2.24) is 0 Å². The summed E-state index contributed by atoms with van der Waals surface area (Å²) in [5, 5.41) is 0. The van der Waals surface area contributed by atoms with Crippen molar-refractivity contribution in [2.75, 3.05) is 0 Å². The van der Waals surface area contributed by atoms with Gasteiger partial charge in [0.2, 0.25) is 0 Å². The average Bonchev–Trinajstić information content (AvgIpc) is 1.25. The van der Waals surface area contributed by atoms with Crippen molar-refractivity contribution in [1.29, 1.82) is 0 Å². The fourth-order valence-corrected chi connectivity index (χ4v) is 1.23.